The molecule has 2 unspecified atom stereocenters. The van der Waals surface area contributed by atoms with Crippen LogP contribution in [0.15, 0.2) is 24.3 Å². The lowest BCUT2D eigenvalue weighted by Gasteiger charge is -2.20. The van der Waals surface area contributed by atoms with Crippen molar-refractivity contribution in [3.8, 4) is 0 Å². The van der Waals surface area contributed by atoms with Gasteiger partial charge in [0.05, 0.1) is 0 Å². The molecule has 2 atom stereocenters. The van der Waals surface area contributed by atoms with E-state index in [4.69, 9.17) is 16.6 Å². The number of anilines is 1. The van der Waals surface area contributed by atoms with E-state index < -0.39 is 0 Å². The van der Waals surface area contributed by atoms with Crippen molar-refractivity contribution < 1.29 is 5.11 Å². The average Bonchev–Trinajstić information content (AvgIpc) is 2.32. The van der Waals surface area contributed by atoms with Gasteiger partial charge < -0.3 is 16.6 Å². The van der Waals surface area contributed by atoms with E-state index >= 15 is 0 Å². The van der Waals surface area contributed by atoms with Crippen molar-refractivity contribution in [2.24, 2.45) is 11.7 Å². The molecule has 3 heteroatoms. The molecule has 3 nitrogen and oxygen atoms in total. The Morgan fingerprint density at radius 1 is 1.25 bits per heavy atom. The van der Waals surface area contributed by atoms with E-state index in [1.807, 2.05) is 12.1 Å². The van der Waals surface area contributed by atoms with Gasteiger partial charge in [-0.15, -0.1) is 0 Å². The van der Waals surface area contributed by atoms with Crippen molar-refractivity contribution in [1.29, 1.82) is 0 Å². The summed E-state index contributed by atoms with van der Waals surface area (Å²) >= 11 is 0. The minimum atomic E-state index is 0.169. The number of benzene rings is 1. The van der Waals surface area contributed by atoms with E-state index in [0.29, 0.717) is 12.5 Å². The largest absolute Gasteiger partial charge is 0.399 e. The zero-order valence-corrected chi connectivity index (χ0v) is 9.89. The fourth-order valence-electron chi connectivity index (χ4n) is 1.95. The van der Waals surface area contributed by atoms with Gasteiger partial charge in [-0.05, 0) is 48.9 Å². The van der Waals surface area contributed by atoms with E-state index in [1.54, 1.807) is 0 Å². The maximum atomic E-state index is 9.16. The van der Waals surface area contributed by atoms with Gasteiger partial charge in [-0.2, -0.15) is 0 Å². The van der Waals surface area contributed by atoms with Crippen LogP contribution >= 0.6 is 0 Å². The SMILES string of the molecule is CCC(CC(CN)CO)c1ccc(N)cc1. The Hall–Kier alpha value is -1.06. The Morgan fingerprint density at radius 3 is 2.31 bits per heavy atom. The van der Waals surface area contributed by atoms with E-state index in [2.05, 4.69) is 19.1 Å². The monoisotopic (exact) mass is 222 g/mol. The Labute approximate surface area is 97.5 Å². The highest BCUT2D eigenvalue weighted by molar-refractivity contribution is 5.40. The predicted molar refractivity (Wildman–Crippen MR) is 68.1 cm³/mol. The minimum Gasteiger partial charge on any atom is -0.399 e. The number of aliphatic hydroxyl groups excluding tert-OH is 1. The first-order chi connectivity index (χ1) is 7.71. The number of aliphatic hydroxyl groups is 1. The highest BCUT2D eigenvalue weighted by atomic mass is 16.3. The molecule has 0 aromatic heterocycles. The molecule has 0 amide bonds. The second-order valence-electron chi connectivity index (χ2n) is 4.29. The molecule has 0 aliphatic rings. The number of nitrogen functional groups attached to an aromatic ring is 1. The first kappa shape index (κ1) is 13.0. The zero-order chi connectivity index (χ0) is 12.0. The van der Waals surface area contributed by atoms with Crippen LogP contribution in [0.2, 0.25) is 0 Å². The van der Waals surface area contributed by atoms with Crippen LogP contribution in [-0.2, 0) is 0 Å². The number of hydrogen-bond donors (Lipinski definition) is 3. The smallest absolute Gasteiger partial charge is 0.0471 e. The number of rotatable bonds is 6. The summed E-state index contributed by atoms with van der Waals surface area (Å²) in [6.07, 6.45) is 1.99. The van der Waals surface area contributed by atoms with Crippen LogP contribution in [0.4, 0.5) is 5.69 Å². The first-order valence-corrected chi connectivity index (χ1v) is 5.87. The summed E-state index contributed by atoms with van der Waals surface area (Å²) in [5.41, 5.74) is 13.3. The normalized spacial score (nSPS) is 14.7. The van der Waals surface area contributed by atoms with Gasteiger partial charge in [-0.25, -0.2) is 0 Å². The van der Waals surface area contributed by atoms with Crippen LogP contribution in [0.3, 0.4) is 0 Å². The van der Waals surface area contributed by atoms with Gasteiger partial charge >= 0.3 is 0 Å². The quantitative estimate of drug-likeness (QED) is 0.642. The molecule has 1 aromatic rings. The third-order valence-electron chi connectivity index (χ3n) is 3.11. The summed E-state index contributed by atoms with van der Waals surface area (Å²) in [7, 11) is 0. The third kappa shape index (κ3) is 3.51. The van der Waals surface area contributed by atoms with Crippen molar-refractivity contribution in [2.45, 2.75) is 25.7 Å². The third-order valence-corrected chi connectivity index (χ3v) is 3.11. The van der Waals surface area contributed by atoms with Gasteiger partial charge in [-0.3, -0.25) is 0 Å². The number of hydrogen-bond acceptors (Lipinski definition) is 3. The van der Waals surface area contributed by atoms with Crippen molar-refractivity contribution in [3.05, 3.63) is 29.8 Å². The van der Waals surface area contributed by atoms with Crippen LogP contribution in [0.1, 0.15) is 31.2 Å². The van der Waals surface area contributed by atoms with Crippen LogP contribution in [0.5, 0.6) is 0 Å². The molecule has 0 spiro atoms. The molecule has 1 rings (SSSR count). The topological polar surface area (TPSA) is 72.3 Å². The summed E-state index contributed by atoms with van der Waals surface area (Å²) in [4.78, 5) is 0. The molecule has 5 N–H and O–H groups in total. The molecular formula is C13H22N2O. The Bertz CT molecular complexity index is 293. The number of nitrogens with two attached hydrogens (primary N) is 2. The summed E-state index contributed by atoms with van der Waals surface area (Å²) in [5.74, 6) is 0.656. The molecule has 0 saturated heterocycles. The van der Waals surface area contributed by atoms with Gasteiger partial charge in [0.1, 0.15) is 0 Å². The summed E-state index contributed by atoms with van der Waals surface area (Å²) < 4.78 is 0. The molecule has 0 bridgehead atoms. The lowest BCUT2D eigenvalue weighted by Crippen LogP contribution is -2.20. The maximum absolute atomic E-state index is 9.16. The standard InChI is InChI=1S/C13H22N2O/c1-2-11(7-10(8-14)9-16)12-3-5-13(15)6-4-12/h3-6,10-11,16H,2,7-9,14-15H2,1H3. The first-order valence-electron chi connectivity index (χ1n) is 5.87. The van der Waals surface area contributed by atoms with Crippen LogP contribution < -0.4 is 11.5 Å². The van der Waals surface area contributed by atoms with Gasteiger partial charge in [0.2, 0.25) is 0 Å². The summed E-state index contributed by atoms with van der Waals surface area (Å²) in [5, 5.41) is 9.16. The lowest BCUT2D eigenvalue weighted by atomic mass is 9.87. The van der Waals surface area contributed by atoms with Crippen molar-refractivity contribution in [1.82, 2.24) is 0 Å². The summed E-state index contributed by atoms with van der Waals surface area (Å²) in [6.45, 7) is 2.87. The molecule has 0 fully saturated rings. The lowest BCUT2D eigenvalue weighted by molar-refractivity contribution is 0.214. The minimum absolute atomic E-state index is 0.169. The van der Waals surface area contributed by atoms with Crippen LogP contribution in [0.25, 0.3) is 0 Å². The molecule has 0 radical (unpaired) electrons. The van der Waals surface area contributed by atoms with E-state index in [0.717, 1.165) is 18.5 Å². The Kier molecular flexibility index (Phi) is 5.29. The molecule has 0 aliphatic carbocycles. The second kappa shape index (κ2) is 6.51. The Balaban J connectivity index is 2.70. The van der Waals surface area contributed by atoms with Gasteiger partial charge in [0, 0.05) is 12.3 Å². The van der Waals surface area contributed by atoms with Crippen LogP contribution in [0, 0.1) is 5.92 Å². The molecular weight excluding hydrogens is 200 g/mol. The van der Waals surface area contributed by atoms with Gasteiger partial charge in [0.15, 0.2) is 0 Å². The van der Waals surface area contributed by atoms with Gasteiger partial charge in [0.25, 0.3) is 0 Å². The van der Waals surface area contributed by atoms with E-state index in [-0.39, 0.29) is 12.5 Å². The second-order valence-corrected chi connectivity index (χ2v) is 4.29. The molecule has 0 heterocycles. The molecule has 0 saturated carbocycles. The zero-order valence-electron chi connectivity index (χ0n) is 9.89. The molecule has 90 valence electrons. The van der Waals surface area contributed by atoms with Crippen LogP contribution in [-0.4, -0.2) is 18.3 Å². The molecule has 16 heavy (non-hydrogen) atoms. The van der Waals surface area contributed by atoms with Crippen molar-refractivity contribution in [2.75, 3.05) is 18.9 Å². The van der Waals surface area contributed by atoms with Crippen molar-refractivity contribution >= 4 is 5.69 Å². The fraction of sp³-hybridized carbons (Fsp3) is 0.538. The molecule has 1 aromatic carbocycles. The van der Waals surface area contributed by atoms with E-state index in [1.165, 1.54) is 5.56 Å². The van der Waals surface area contributed by atoms with Gasteiger partial charge in [-0.1, -0.05) is 19.1 Å². The highest BCUT2D eigenvalue weighted by Crippen LogP contribution is 2.27. The summed E-state index contributed by atoms with van der Waals surface area (Å²) in [6, 6.07) is 7.98. The van der Waals surface area contributed by atoms with E-state index in [9.17, 15) is 0 Å². The fourth-order valence-corrected chi connectivity index (χ4v) is 1.95. The molecule has 0 aliphatic heterocycles. The predicted octanol–water partition coefficient (Wildman–Crippen LogP) is 1.72. The average molecular weight is 222 g/mol. The maximum Gasteiger partial charge on any atom is 0.0471 e. The Morgan fingerprint density at radius 2 is 1.88 bits per heavy atom. The highest BCUT2D eigenvalue weighted by Gasteiger charge is 2.15. The van der Waals surface area contributed by atoms with Crippen molar-refractivity contribution in [3.63, 3.8) is 0 Å².